The van der Waals surface area contributed by atoms with Crippen LogP contribution in [0.5, 0.6) is 0 Å². The highest BCUT2D eigenvalue weighted by molar-refractivity contribution is 5.24. The molecular weight excluding hydrogens is 236 g/mol. The Morgan fingerprint density at radius 1 is 1.26 bits per heavy atom. The molecule has 2 heterocycles. The lowest BCUT2D eigenvalue weighted by molar-refractivity contribution is -0.00789. The number of allylic oxidation sites excluding steroid dienone is 2. The van der Waals surface area contributed by atoms with Gasteiger partial charge in [-0.05, 0) is 56.4 Å². The molecule has 2 aliphatic heterocycles. The van der Waals surface area contributed by atoms with E-state index in [2.05, 4.69) is 22.4 Å². The van der Waals surface area contributed by atoms with Gasteiger partial charge in [0.2, 0.25) is 0 Å². The standard InChI is InChI=1S/C16H24N2O/c19-16-13-6-2-3-7-14(13)17-10-12-9-11-5-1-4-8-15(11)18(12)16/h1,5,11-12,15-17,19H,2-4,6-10H2/t11?,12-,15?,16?/m1/s1. The average molecular weight is 260 g/mol. The number of nitrogens with one attached hydrogen (secondary N) is 1. The maximum absolute atomic E-state index is 10.9. The predicted octanol–water partition coefficient (Wildman–Crippen LogP) is 2.15. The number of aliphatic hydroxyl groups excluding tert-OH is 1. The maximum atomic E-state index is 10.9. The molecule has 0 bridgehead atoms. The summed E-state index contributed by atoms with van der Waals surface area (Å²) >= 11 is 0. The summed E-state index contributed by atoms with van der Waals surface area (Å²) in [7, 11) is 0. The Morgan fingerprint density at radius 3 is 3.11 bits per heavy atom. The third-order valence-electron chi connectivity index (χ3n) is 5.51. The zero-order valence-corrected chi connectivity index (χ0v) is 11.5. The molecule has 0 aromatic heterocycles. The third-order valence-corrected chi connectivity index (χ3v) is 5.51. The Hall–Kier alpha value is -0.800. The van der Waals surface area contributed by atoms with Gasteiger partial charge in [-0.15, -0.1) is 0 Å². The smallest absolute Gasteiger partial charge is 0.132 e. The lowest BCUT2D eigenvalue weighted by Gasteiger charge is -2.36. The number of hydrogen-bond acceptors (Lipinski definition) is 3. The molecule has 3 unspecified atom stereocenters. The summed E-state index contributed by atoms with van der Waals surface area (Å²) in [6.07, 6.45) is 12.8. The van der Waals surface area contributed by atoms with Gasteiger partial charge in [0, 0.05) is 24.3 Å². The van der Waals surface area contributed by atoms with Crippen LogP contribution in [0.2, 0.25) is 0 Å². The summed E-state index contributed by atoms with van der Waals surface area (Å²) in [5, 5.41) is 14.5. The van der Waals surface area contributed by atoms with E-state index in [0.29, 0.717) is 18.0 Å². The summed E-state index contributed by atoms with van der Waals surface area (Å²) in [6, 6.07) is 1.08. The van der Waals surface area contributed by atoms with Gasteiger partial charge in [-0.2, -0.15) is 0 Å². The summed E-state index contributed by atoms with van der Waals surface area (Å²) in [5.41, 5.74) is 2.65. The van der Waals surface area contributed by atoms with Crippen molar-refractivity contribution in [1.29, 1.82) is 0 Å². The molecule has 0 saturated carbocycles. The van der Waals surface area contributed by atoms with Gasteiger partial charge in [0.05, 0.1) is 0 Å². The van der Waals surface area contributed by atoms with E-state index in [9.17, 15) is 5.11 Å². The zero-order valence-electron chi connectivity index (χ0n) is 11.5. The van der Waals surface area contributed by atoms with Crippen molar-refractivity contribution in [2.75, 3.05) is 6.54 Å². The second-order valence-electron chi connectivity index (χ2n) is 6.54. The molecular formula is C16H24N2O. The van der Waals surface area contributed by atoms with Crippen LogP contribution in [0.15, 0.2) is 23.4 Å². The van der Waals surface area contributed by atoms with Crippen molar-refractivity contribution in [2.45, 2.75) is 63.3 Å². The molecule has 104 valence electrons. The van der Waals surface area contributed by atoms with Gasteiger partial charge in [-0.3, -0.25) is 4.90 Å². The highest BCUT2D eigenvalue weighted by atomic mass is 16.3. The minimum atomic E-state index is -0.322. The quantitative estimate of drug-likeness (QED) is 0.655. The van der Waals surface area contributed by atoms with Crippen molar-refractivity contribution in [1.82, 2.24) is 10.2 Å². The monoisotopic (exact) mass is 260 g/mol. The molecule has 19 heavy (non-hydrogen) atoms. The molecule has 2 aliphatic carbocycles. The van der Waals surface area contributed by atoms with E-state index >= 15 is 0 Å². The van der Waals surface area contributed by atoms with Gasteiger partial charge < -0.3 is 10.4 Å². The molecule has 4 atom stereocenters. The van der Waals surface area contributed by atoms with Gasteiger partial charge in [0.1, 0.15) is 6.23 Å². The molecule has 0 spiro atoms. The van der Waals surface area contributed by atoms with Crippen molar-refractivity contribution in [3.63, 3.8) is 0 Å². The first-order valence-corrected chi connectivity index (χ1v) is 7.92. The van der Waals surface area contributed by atoms with Gasteiger partial charge in [0.25, 0.3) is 0 Å². The molecule has 0 aromatic rings. The fourth-order valence-electron chi connectivity index (χ4n) is 4.60. The largest absolute Gasteiger partial charge is 0.387 e. The molecule has 1 fully saturated rings. The first-order chi connectivity index (χ1) is 9.34. The second-order valence-corrected chi connectivity index (χ2v) is 6.54. The third kappa shape index (κ3) is 1.86. The minimum absolute atomic E-state index is 0.322. The van der Waals surface area contributed by atoms with E-state index in [1.165, 1.54) is 43.4 Å². The SMILES string of the molecule is OC1C2=C(CCCC2)NC[C@H]2CC3C=CCCC3N12. The van der Waals surface area contributed by atoms with Crippen molar-refractivity contribution in [3.05, 3.63) is 23.4 Å². The van der Waals surface area contributed by atoms with Crippen LogP contribution in [0.25, 0.3) is 0 Å². The maximum Gasteiger partial charge on any atom is 0.132 e. The van der Waals surface area contributed by atoms with Crippen molar-refractivity contribution < 1.29 is 5.11 Å². The van der Waals surface area contributed by atoms with Crippen LogP contribution >= 0.6 is 0 Å². The zero-order chi connectivity index (χ0) is 12.8. The van der Waals surface area contributed by atoms with Crippen LogP contribution in [-0.4, -0.2) is 34.9 Å². The van der Waals surface area contributed by atoms with Crippen LogP contribution < -0.4 is 5.32 Å². The second kappa shape index (κ2) is 4.64. The van der Waals surface area contributed by atoms with Crippen LogP contribution in [0.1, 0.15) is 44.9 Å². The molecule has 0 aromatic carbocycles. The lowest BCUT2D eigenvalue weighted by atomic mass is 9.89. The van der Waals surface area contributed by atoms with Crippen LogP contribution in [0.3, 0.4) is 0 Å². The van der Waals surface area contributed by atoms with Gasteiger partial charge in [-0.25, -0.2) is 0 Å². The number of rotatable bonds is 0. The molecule has 3 heteroatoms. The van der Waals surface area contributed by atoms with Crippen LogP contribution in [0, 0.1) is 5.92 Å². The van der Waals surface area contributed by atoms with Gasteiger partial charge in [0.15, 0.2) is 0 Å². The van der Waals surface area contributed by atoms with Gasteiger partial charge >= 0.3 is 0 Å². The summed E-state index contributed by atoms with van der Waals surface area (Å²) in [5.74, 6) is 0.668. The number of aliphatic hydroxyl groups is 1. The average Bonchev–Trinajstić information content (AvgIpc) is 2.76. The summed E-state index contributed by atoms with van der Waals surface area (Å²) in [6.45, 7) is 1.02. The Morgan fingerprint density at radius 2 is 2.16 bits per heavy atom. The molecule has 1 saturated heterocycles. The van der Waals surface area contributed by atoms with Crippen LogP contribution in [0.4, 0.5) is 0 Å². The molecule has 4 rings (SSSR count). The number of nitrogens with zero attached hydrogens (tertiary/aromatic N) is 1. The van der Waals surface area contributed by atoms with E-state index in [1.807, 2.05) is 0 Å². The number of hydrogen-bond donors (Lipinski definition) is 2. The first-order valence-electron chi connectivity index (χ1n) is 7.92. The fourth-order valence-corrected chi connectivity index (χ4v) is 4.60. The predicted molar refractivity (Wildman–Crippen MR) is 75.4 cm³/mol. The van der Waals surface area contributed by atoms with E-state index in [4.69, 9.17) is 0 Å². The van der Waals surface area contributed by atoms with E-state index in [0.717, 1.165) is 19.4 Å². The normalized spacial score (nSPS) is 42.2. The van der Waals surface area contributed by atoms with Gasteiger partial charge in [-0.1, -0.05) is 12.2 Å². The Labute approximate surface area is 115 Å². The van der Waals surface area contributed by atoms with E-state index in [-0.39, 0.29) is 6.23 Å². The Bertz CT molecular complexity index is 428. The number of fused-ring (bicyclic) bond motifs is 3. The lowest BCUT2D eigenvalue weighted by Crippen LogP contribution is -2.47. The summed E-state index contributed by atoms with van der Waals surface area (Å²) in [4.78, 5) is 2.44. The highest BCUT2D eigenvalue weighted by Gasteiger charge is 2.45. The van der Waals surface area contributed by atoms with Crippen molar-refractivity contribution in [3.8, 4) is 0 Å². The molecule has 0 amide bonds. The van der Waals surface area contributed by atoms with Crippen molar-refractivity contribution >= 4 is 0 Å². The summed E-state index contributed by atoms with van der Waals surface area (Å²) < 4.78 is 0. The Kier molecular flexibility index (Phi) is 2.92. The topological polar surface area (TPSA) is 35.5 Å². The Balaban J connectivity index is 1.67. The highest BCUT2D eigenvalue weighted by Crippen LogP contribution is 2.41. The first kappa shape index (κ1) is 12.0. The van der Waals surface area contributed by atoms with E-state index < -0.39 is 0 Å². The molecule has 2 N–H and O–H groups in total. The fraction of sp³-hybridized carbons (Fsp3) is 0.750. The molecule has 4 aliphatic rings. The molecule has 3 nitrogen and oxygen atoms in total. The van der Waals surface area contributed by atoms with Crippen LogP contribution in [-0.2, 0) is 0 Å². The molecule has 0 radical (unpaired) electrons. The van der Waals surface area contributed by atoms with E-state index in [1.54, 1.807) is 0 Å². The van der Waals surface area contributed by atoms with Crippen molar-refractivity contribution in [2.24, 2.45) is 5.92 Å². The minimum Gasteiger partial charge on any atom is -0.387 e.